The van der Waals surface area contributed by atoms with E-state index in [0.29, 0.717) is 18.0 Å². The van der Waals surface area contributed by atoms with Gasteiger partial charge in [0.2, 0.25) is 0 Å². The van der Waals surface area contributed by atoms with Crippen molar-refractivity contribution in [2.24, 2.45) is 13.0 Å². The first-order valence-electron chi connectivity index (χ1n) is 9.09. The van der Waals surface area contributed by atoms with Gasteiger partial charge in [-0.25, -0.2) is 4.79 Å². The zero-order chi connectivity index (χ0) is 17.8. The van der Waals surface area contributed by atoms with Crippen molar-refractivity contribution < 1.29 is 14.3 Å². The summed E-state index contributed by atoms with van der Waals surface area (Å²) in [7, 11) is 1.89. The molecule has 1 saturated carbocycles. The van der Waals surface area contributed by atoms with Gasteiger partial charge >= 0.3 is 5.97 Å². The zero-order valence-electron chi connectivity index (χ0n) is 15.0. The Bertz CT molecular complexity index is 759. The molecule has 1 aromatic heterocycles. The summed E-state index contributed by atoms with van der Waals surface area (Å²) in [6.45, 7) is 2.30. The highest BCUT2D eigenvalue weighted by Crippen LogP contribution is 2.23. The summed E-state index contributed by atoms with van der Waals surface area (Å²) < 4.78 is 7.28. The number of aromatic nitrogens is 1. The average molecular weight is 342 g/mol. The smallest absolute Gasteiger partial charge is 0.341 e. The lowest BCUT2D eigenvalue weighted by atomic mass is 9.89. The van der Waals surface area contributed by atoms with Crippen LogP contribution in [0.4, 0.5) is 0 Å². The standard InChI is InChI=1S/C20H26N2O3/c1-14(19(23)21-12-15-8-4-3-5-9-15)25-20(24)17-13-22(2)18-11-7-6-10-16(17)18/h6-7,10-11,13-15H,3-5,8-9,12H2,1-2H3,(H,21,23)/t14-/m1/s1. The lowest BCUT2D eigenvalue weighted by Gasteiger charge is -2.22. The van der Waals surface area contributed by atoms with Crippen molar-refractivity contribution in [3.63, 3.8) is 0 Å². The molecule has 1 heterocycles. The van der Waals surface area contributed by atoms with E-state index < -0.39 is 12.1 Å². The van der Waals surface area contributed by atoms with Gasteiger partial charge in [0.05, 0.1) is 5.56 Å². The van der Waals surface area contributed by atoms with Crippen molar-refractivity contribution in [2.75, 3.05) is 6.54 Å². The molecule has 134 valence electrons. The highest BCUT2D eigenvalue weighted by atomic mass is 16.5. The van der Waals surface area contributed by atoms with Gasteiger partial charge in [-0.15, -0.1) is 0 Å². The van der Waals surface area contributed by atoms with E-state index in [-0.39, 0.29) is 5.91 Å². The van der Waals surface area contributed by atoms with Gasteiger partial charge < -0.3 is 14.6 Å². The highest BCUT2D eigenvalue weighted by molar-refractivity contribution is 6.05. The molecule has 0 aliphatic heterocycles. The molecule has 1 N–H and O–H groups in total. The number of hydrogen-bond donors (Lipinski definition) is 1. The van der Waals surface area contributed by atoms with E-state index in [1.165, 1.54) is 32.1 Å². The molecule has 0 radical (unpaired) electrons. The molecule has 25 heavy (non-hydrogen) atoms. The number of carbonyl (C=O) groups is 2. The maximum Gasteiger partial charge on any atom is 0.341 e. The minimum atomic E-state index is -0.796. The van der Waals surface area contributed by atoms with Crippen LogP contribution in [0.2, 0.25) is 0 Å². The first-order chi connectivity index (χ1) is 12.1. The van der Waals surface area contributed by atoms with Crippen LogP contribution in [0.5, 0.6) is 0 Å². The first kappa shape index (κ1) is 17.5. The molecule has 0 saturated heterocycles. The molecule has 0 unspecified atom stereocenters. The molecular formula is C20H26N2O3. The number of fused-ring (bicyclic) bond motifs is 1. The molecule has 1 amide bonds. The molecule has 3 rings (SSSR count). The van der Waals surface area contributed by atoms with Crippen LogP contribution in [0.15, 0.2) is 30.5 Å². The third-order valence-electron chi connectivity index (χ3n) is 5.06. The fraction of sp³-hybridized carbons (Fsp3) is 0.500. The van der Waals surface area contributed by atoms with E-state index >= 15 is 0 Å². The minimum absolute atomic E-state index is 0.223. The van der Waals surface area contributed by atoms with Crippen LogP contribution in [0.1, 0.15) is 49.4 Å². The van der Waals surface area contributed by atoms with Crippen LogP contribution < -0.4 is 5.32 Å². The molecule has 1 aliphatic rings. The fourth-order valence-electron chi connectivity index (χ4n) is 3.56. The van der Waals surface area contributed by atoms with Crippen LogP contribution >= 0.6 is 0 Å². The Kier molecular flexibility index (Phi) is 5.41. The summed E-state index contributed by atoms with van der Waals surface area (Å²) in [5.41, 5.74) is 1.45. The normalized spacial score (nSPS) is 16.6. The number of esters is 1. The van der Waals surface area contributed by atoms with Gasteiger partial charge in [-0.2, -0.15) is 0 Å². The van der Waals surface area contributed by atoms with Crippen LogP contribution in [0, 0.1) is 5.92 Å². The number of para-hydroxylation sites is 1. The Morgan fingerprint density at radius 3 is 2.72 bits per heavy atom. The van der Waals surface area contributed by atoms with Crippen molar-refractivity contribution in [3.05, 3.63) is 36.0 Å². The molecule has 0 bridgehead atoms. The number of aryl methyl sites for hydroxylation is 1. The Labute approximate surface area is 148 Å². The van der Waals surface area contributed by atoms with Crippen molar-refractivity contribution in [2.45, 2.75) is 45.1 Å². The summed E-state index contributed by atoms with van der Waals surface area (Å²) in [5.74, 6) is -0.130. The fourth-order valence-corrected chi connectivity index (χ4v) is 3.56. The van der Waals surface area contributed by atoms with E-state index in [4.69, 9.17) is 4.74 Å². The summed E-state index contributed by atoms with van der Waals surface area (Å²) >= 11 is 0. The van der Waals surface area contributed by atoms with Gasteiger partial charge in [0, 0.05) is 30.7 Å². The second-order valence-electron chi connectivity index (χ2n) is 6.97. The predicted octanol–water partition coefficient (Wildman–Crippen LogP) is 3.42. The molecular weight excluding hydrogens is 316 g/mol. The molecule has 1 aliphatic carbocycles. The first-order valence-corrected chi connectivity index (χ1v) is 9.09. The zero-order valence-corrected chi connectivity index (χ0v) is 15.0. The van der Waals surface area contributed by atoms with Gasteiger partial charge in [-0.05, 0) is 31.7 Å². The van der Waals surface area contributed by atoms with E-state index in [9.17, 15) is 9.59 Å². The third kappa shape index (κ3) is 4.03. The van der Waals surface area contributed by atoms with Crippen molar-refractivity contribution in [1.29, 1.82) is 0 Å². The third-order valence-corrected chi connectivity index (χ3v) is 5.06. The largest absolute Gasteiger partial charge is 0.449 e. The number of nitrogens with zero attached hydrogens (tertiary/aromatic N) is 1. The van der Waals surface area contributed by atoms with Crippen LogP contribution in [0.25, 0.3) is 10.9 Å². The number of ether oxygens (including phenoxy) is 1. The summed E-state index contributed by atoms with van der Waals surface area (Å²) in [6.07, 6.45) is 7.08. The van der Waals surface area contributed by atoms with Crippen molar-refractivity contribution >= 4 is 22.8 Å². The monoisotopic (exact) mass is 342 g/mol. The van der Waals surface area contributed by atoms with Crippen LogP contribution in [0.3, 0.4) is 0 Å². The summed E-state index contributed by atoms with van der Waals surface area (Å²) in [4.78, 5) is 24.7. The van der Waals surface area contributed by atoms with E-state index in [2.05, 4.69) is 5.32 Å². The van der Waals surface area contributed by atoms with Crippen LogP contribution in [-0.2, 0) is 16.6 Å². The average Bonchev–Trinajstić information content (AvgIpc) is 2.98. The Hall–Kier alpha value is -2.30. The maximum absolute atomic E-state index is 12.5. The van der Waals surface area contributed by atoms with Gasteiger partial charge in [0.15, 0.2) is 6.10 Å². The second kappa shape index (κ2) is 7.72. The number of amides is 1. The van der Waals surface area contributed by atoms with Gasteiger partial charge in [0.25, 0.3) is 5.91 Å². The molecule has 5 nitrogen and oxygen atoms in total. The van der Waals surface area contributed by atoms with E-state index in [1.807, 2.05) is 35.9 Å². The topological polar surface area (TPSA) is 60.3 Å². The molecule has 0 spiro atoms. The van der Waals surface area contributed by atoms with Gasteiger partial charge in [-0.3, -0.25) is 4.79 Å². The minimum Gasteiger partial charge on any atom is -0.449 e. The summed E-state index contributed by atoms with van der Waals surface area (Å²) in [6, 6.07) is 7.66. The van der Waals surface area contributed by atoms with Crippen LogP contribution in [-0.4, -0.2) is 29.1 Å². The quantitative estimate of drug-likeness (QED) is 0.847. The molecule has 5 heteroatoms. The lowest BCUT2D eigenvalue weighted by Crippen LogP contribution is -2.38. The second-order valence-corrected chi connectivity index (χ2v) is 6.97. The van der Waals surface area contributed by atoms with E-state index in [1.54, 1.807) is 13.1 Å². The number of rotatable bonds is 5. The van der Waals surface area contributed by atoms with Gasteiger partial charge in [0.1, 0.15) is 0 Å². The van der Waals surface area contributed by atoms with Crippen molar-refractivity contribution in [3.8, 4) is 0 Å². The Morgan fingerprint density at radius 2 is 1.96 bits per heavy atom. The lowest BCUT2D eigenvalue weighted by molar-refractivity contribution is -0.129. The number of nitrogens with one attached hydrogen (secondary N) is 1. The predicted molar refractivity (Wildman–Crippen MR) is 97.4 cm³/mol. The maximum atomic E-state index is 12.5. The number of hydrogen-bond acceptors (Lipinski definition) is 3. The molecule has 1 fully saturated rings. The van der Waals surface area contributed by atoms with Gasteiger partial charge in [-0.1, -0.05) is 37.5 Å². The number of benzene rings is 1. The number of carbonyl (C=O) groups excluding carboxylic acids is 2. The molecule has 2 aromatic rings. The SMILES string of the molecule is C[C@@H](OC(=O)c1cn(C)c2ccccc12)C(=O)NCC1CCCCC1. The van der Waals surface area contributed by atoms with Crippen molar-refractivity contribution in [1.82, 2.24) is 9.88 Å². The summed E-state index contributed by atoms with van der Waals surface area (Å²) in [5, 5.41) is 3.77. The molecule has 1 aromatic carbocycles. The Balaban J connectivity index is 1.58. The van der Waals surface area contributed by atoms with E-state index in [0.717, 1.165) is 10.9 Å². The molecule has 1 atom stereocenters. The Morgan fingerprint density at radius 1 is 1.24 bits per heavy atom. The highest BCUT2D eigenvalue weighted by Gasteiger charge is 2.22.